The molecule has 2 N–H and O–H groups in total. The maximum atomic E-state index is 12.3. The zero-order chi connectivity index (χ0) is 17.6. The van der Waals surface area contributed by atoms with Gasteiger partial charge in [0.05, 0.1) is 6.61 Å². The number of unbranched alkanes of at least 4 members (excludes halogenated alkanes) is 7. The van der Waals surface area contributed by atoms with Crippen LogP contribution >= 0.6 is 11.6 Å². The molecule has 24 heavy (non-hydrogen) atoms. The van der Waals surface area contributed by atoms with Gasteiger partial charge in [0.2, 0.25) is 0 Å². The second kappa shape index (κ2) is 13.1. The molecule has 0 aromatic heterocycles. The molecule has 0 spiro atoms. The van der Waals surface area contributed by atoms with Gasteiger partial charge in [0.15, 0.2) is 0 Å². The summed E-state index contributed by atoms with van der Waals surface area (Å²) >= 11 is 5.93. The molecule has 0 aliphatic heterocycles. The second-order valence-electron chi connectivity index (χ2n) is 6.13. The molecule has 4 nitrogen and oxygen atoms in total. The summed E-state index contributed by atoms with van der Waals surface area (Å²) in [5, 5.41) is 12.6. The number of urea groups is 1. The van der Waals surface area contributed by atoms with E-state index >= 15 is 0 Å². The number of benzene rings is 1. The van der Waals surface area contributed by atoms with Crippen molar-refractivity contribution in [3.8, 4) is 0 Å². The SMILES string of the molecule is CCCCCCCCCCN(CCO)C(=O)Nc1cccc(Cl)c1. The van der Waals surface area contributed by atoms with Crippen molar-refractivity contribution in [2.45, 2.75) is 58.3 Å². The molecule has 2 amide bonds. The highest BCUT2D eigenvalue weighted by Crippen LogP contribution is 2.15. The first-order valence-electron chi connectivity index (χ1n) is 9.09. The van der Waals surface area contributed by atoms with Crippen molar-refractivity contribution in [1.29, 1.82) is 0 Å². The van der Waals surface area contributed by atoms with E-state index < -0.39 is 0 Å². The van der Waals surface area contributed by atoms with Gasteiger partial charge in [-0.05, 0) is 24.6 Å². The van der Waals surface area contributed by atoms with Crippen LogP contribution in [0.1, 0.15) is 58.3 Å². The van der Waals surface area contributed by atoms with Crippen LogP contribution in [0.15, 0.2) is 24.3 Å². The van der Waals surface area contributed by atoms with Gasteiger partial charge in [0.25, 0.3) is 0 Å². The predicted molar refractivity (Wildman–Crippen MR) is 102 cm³/mol. The van der Waals surface area contributed by atoms with E-state index in [4.69, 9.17) is 11.6 Å². The molecule has 0 aliphatic carbocycles. The Morgan fingerprint density at radius 1 is 1.08 bits per heavy atom. The smallest absolute Gasteiger partial charge is 0.321 e. The highest BCUT2D eigenvalue weighted by atomic mass is 35.5. The number of carbonyl (C=O) groups excluding carboxylic acids is 1. The van der Waals surface area contributed by atoms with Crippen LogP contribution in [-0.4, -0.2) is 35.7 Å². The van der Waals surface area contributed by atoms with E-state index in [1.54, 1.807) is 29.2 Å². The minimum absolute atomic E-state index is 0.0278. The lowest BCUT2D eigenvalue weighted by Crippen LogP contribution is -2.37. The fourth-order valence-corrected chi connectivity index (χ4v) is 2.83. The third-order valence-electron chi connectivity index (χ3n) is 4.01. The number of anilines is 1. The van der Waals surface area contributed by atoms with E-state index in [1.807, 2.05) is 0 Å². The van der Waals surface area contributed by atoms with E-state index in [-0.39, 0.29) is 12.6 Å². The zero-order valence-corrected chi connectivity index (χ0v) is 15.5. The summed E-state index contributed by atoms with van der Waals surface area (Å²) in [6, 6.07) is 6.90. The first-order valence-corrected chi connectivity index (χ1v) is 9.47. The van der Waals surface area contributed by atoms with Crippen molar-refractivity contribution >= 4 is 23.3 Å². The summed E-state index contributed by atoms with van der Waals surface area (Å²) in [5.41, 5.74) is 0.673. The van der Waals surface area contributed by atoms with Crippen molar-refractivity contribution in [3.05, 3.63) is 29.3 Å². The molecule has 1 aromatic carbocycles. The summed E-state index contributed by atoms with van der Waals surface area (Å²) in [7, 11) is 0. The zero-order valence-electron chi connectivity index (χ0n) is 14.8. The van der Waals surface area contributed by atoms with Crippen molar-refractivity contribution in [2.24, 2.45) is 0 Å². The molecular weight excluding hydrogens is 324 g/mol. The topological polar surface area (TPSA) is 52.6 Å². The van der Waals surface area contributed by atoms with Gasteiger partial charge in [-0.3, -0.25) is 0 Å². The summed E-state index contributed by atoms with van der Waals surface area (Å²) < 4.78 is 0. The summed E-state index contributed by atoms with van der Waals surface area (Å²) in [6.45, 7) is 3.22. The molecule has 1 aromatic rings. The van der Waals surface area contributed by atoms with Gasteiger partial charge in [0, 0.05) is 23.8 Å². The van der Waals surface area contributed by atoms with Crippen LogP contribution in [0.5, 0.6) is 0 Å². The van der Waals surface area contributed by atoms with E-state index in [0.29, 0.717) is 23.8 Å². The highest BCUT2D eigenvalue weighted by Gasteiger charge is 2.12. The van der Waals surface area contributed by atoms with Crippen LogP contribution in [0, 0.1) is 0 Å². The first-order chi connectivity index (χ1) is 11.7. The van der Waals surface area contributed by atoms with Crippen LogP contribution < -0.4 is 5.32 Å². The summed E-state index contributed by atoms with van der Waals surface area (Å²) in [5.74, 6) is 0. The van der Waals surface area contributed by atoms with Gasteiger partial charge < -0.3 is 15.3 Å². The fourth-order valence-electron chi connectivity index (χ4n) is 2.64. The van der Waals surface area contributed by atoms with Gasteiger partial charge in [-0.2, -0.15) is 0 Å². The van der Waals surface area contributed by atoms with Gasteiger partial charge in [0.1, 0.15) is 0 Å². The Kier molecular flexibility index (Phi) is 11.3. The quantitative estimate of drug-likeness (QED) is 0.500. The standard InChI is InChI=1S/C19H31ClN2O2/c1-2-3-4-5-6-7-8-9-13-22(14-15-23)19(24)21-18-12-10-11-17(20)16-18/h10-12,16,23H,2-9,13-15H2,1H3,(H,21,24). The molecule has 136 valence electrons. The molecule has 0 bridgehead atoms. The second-order valence-corrected chi connectivity index (χ2v) is 6.56. The number of hydrogen-bond acceptors (Lipinski definition) is 2. The molecule has 0 heterocycles. The Morgan fingerprint density at radius 3 is 2.38 bits per heavy atom. The average Bonchev–Trinajstić information content (AvgIpc) is 2.56. The first kappa shape index (κ1) is 20.8. The lowest BCUT2D eigenvalue weighted by molar-refractivity contribution is 0.187. The maximum absolute atomic E-state index is 12.3. The Morgan fingerprint density at radius 2 is 1.75 bits per heavy atom. The van der Waals surface area contributed by atoms with Crippen molar-refractivity contribution in [2.75, 3.05) is 25.0 Å². The molecule has 0 atom stereocenters. The number of amides is 2. The van der Waals surface area contributed by atoms with Crippen LogP contribution in [0.3, 0.4) is 0 Å². The molecular formula is C19H31ClN2O2. The maximum Gasteiger partial charge on any atom is 0.321 e. The Labute approximate surface area is 151 Å². The van der Waals surface area contributed by atoms with Crippen LogP contribution in [0.2, 0.25) is 5.02 Å². The van der Waals surface area contributed by atoms with E-state index in [2.05, 4.69) is 12.2 Å². The number of halogens is 1. The number of aliphatic hydroxyl groups excluding tert-OH is 1. The molecule has 5 heteroatoms. The average molecular weight is 355 g/mol. The van der Waals surface area contributed by atoms with Gasteiger partial charge in [-0.1, -0.05) is 69.5 Å². The van der Waals surface area contributed by atoms with Crippen LogP contribution in [-0.2, 0) is 0 Å². The monoisotopic (exact) mass is 354 g/mol. The summed E-state index contributed by atoms with van der Waals surface area (Å²) in [6.07, 6.45) is 9.82. The van der Waals surface area contributed by atoms with Crippen molar-refractivity contribution in [1.82, 2.24) is 4.90 Å². The highest BCUT2D eigenvalue weighted by molar-refractivity contribution is 6.30. The minimum Gasteiger partial charge on any atom is -0.395 e. The largest absolute Gasteiger partial charge is 0.395 e. The molecule has 1 rings (SSSR count). The van der Waals surface area contributed by atoms with Gasteiger partial charge >= 0.3 is 6.03 Å². The van der Waals surface area contributed by atoms with Crippen molar-refractivity contribution in [3.63, 3.8) is 0 Å². The van der Waals surface area contributed by atoms with E-state index in [1.165, 1.54) is 38.5 Å². The minimum atomic E-state index is -0.186. The predicted octanol–water partition coefficient (Wildman–Crippen LogP) is 5.31. The lowest BCUT2D eigenvalue weighted by Gasteiger charge is -2.22. The molecule has 0 saturated heterocycles. The Balaban J connectivity index is 2.28. The van der Waals surface area contributed by atoms with Crippen LogP contribution in [0.4, 0.5) is 10.5 Å². The van der Waals surface area contributed by atoms with Gasteiger partial charge in [-0.25, -0.2) is 4.79 Å². The van der Waals surface area contributed by atoms with E-state index in [9.17, 15) is 9.90 Å². The number of nitrogens with one attached hydrogen (secondary N) is 1. The Bertz CT molecular complexity index is 468. The molecule has 0 unspecified atom stereocenters. The van der Waals surface area contributed by atoms with Crippen LogP contribution in [0.25, 0.3) is 0 Å². The third-order valence-corrected chi connectivity index (χ3v) is 4.25. The molecule has 0 fully saturated rings. The molecule has 0 saturated carbocycles. The normalized spacial score (nSPS) is 10.6. The number of rotatable bonds is 12. The molecule has 0 aliphatic rings. The fraction of sp³-hybridized carbons (Fsp3) is 0.632. The Hall–Kier alpha value is -1.26. The summed E-state index contributed by atoms with van der Waals surface area (Å²) in [4.78, 5) is 14.0. The van der Waals surface area contributed by atoms with Gasteiger partial charge in [-0.15, -0.1) is 0 Å². The number of nitrogens with zero attached hydrogens (tertiary/aromatic N) is 1. The lowest BCUT2D eigenvalue weighted by atomic mass is 10.1. The number of carbonyl (C=O) groups is 1. The third kappa shape index (κ3) is 9.14. The number of hydrogen-bond donors (Lipinski definition) is 2. The number of aliphatic hydroxyl groups is 1. The molecule has 0 radical (unpaired) electrons. The van der Waals surface area contributed by atoms with Crippen molar-refractivity contribution < 1.29 is 9.90 Å². The van der Waals surface area contributed by atoms with E-state index in [0.717, 1.165) is 12.8 Å².